The van der Waals surface area contributed by atoms with Crippen LogP contribution >= 0.6 is 22.9 Å². The van der Waals surface area contributed by atoms with Crippen molar-refractivity contribution in [2.45, 2.75) is 58.1 Å². The molecule has 1 aliphatic rings. The van der Waals surface area contributed by atoms with Gasteiger partial charge >= 0.3 is 12.0 Å². The van der Waals surface area contributed by atoms with Crippen LogP contribution in [0.1, 0.15) is 61.9 Å². The molecule has 1 aliphatic carbocycles. The Morgan fingerprint density at radius 1 is 1.19 bits per heavy atom. The summed E-state index contributed by atoms with van der Waals surface area (Å²) < 4.78 is 5.71. The van der Waals surface area contributed by atoms with Gasteiger partial charge in [0.15, 0.2) is 0 Å². The van der Waals surface area contributed by atoms with Crippen molar-refractivity contribution in [3.8, 4) is 10.4 Å². The standard InChI is InChI=1S/C26H33ClN4O4S/c1-15(2)12-21(25(33)35-18-7-3-4-8-18)30-11-5-6-16-9-10-17(13-20(16)27)22-14-19(23(28)32)24(36-22)31-26(29)34/h5-6,9-10,13-15,18,21,30H,3-4,7-8,11-12H2,1-2H3,(H2,28,32)(H3,29,31,34)/b6-5+/t21-/m1/s1. The number of benzene rings is 1. The zero-order valence-corrected chi connectivity index (χ0v) is 22.1. The first-order valence-corrected chi connectivity index (χ1v) is 13.2. The molecule has 10 heteroatoms. The maximum atomic E-state index is 12.7. The molecule has 6 N–H and O–H groups in total. The Labute approximate surface area is 220 Å². The van der Waals surface area contributed by atoms with Gasteiger partial charge < -0.3 is 21.5 Å². The molecule has 0 saturated heterocycles. The van der Waals surface area contributed by atoms with E-state index in [9.17, 15) is 14.4 Å². The summed E-state index contributed by atoms with van der Waals surface area (Å²) in [5, 5.41) is 6.53. The van der Waals surface area contributed by atoms with Gasteiger partial charge in [0.1, 0.15) is 17.1 Å². The number of halogens is 1. The molecule has 1 fully saturated rings. The number of urea groups is 1. The summed E-state index contributed by atoms with van der Waals surface area (Å²) in [5.41, 5.74) is 12.4. The molecule has 0 radical (unpaired) electrons. The maximum absolute atomic E-state index is 12.7. The van der Waals surface area contributed by atoms with E-state index in [0.717, 1.165) is 36.8 Å². The molecular formula is C26H33ClN4O4S. The van der Waals surface area contributed by atoms with Gasteiger partial charge in [-0.25, -0.2) is 4.79 Å². The fourth-order valence-corrected chi connectivity index (χ4v) is 5.43. The van der Waals surface area contributed by atoms with E-state index in [1.807, 2.05) is 24.3 Å². The van der Waals surface area contributed by atoms with Crippen LogP contribution in [0.4, 0.5) is 9.80 Å². The average Bonchev–Trinajstić information content (AvgIpc) is 3.46. The van der Waals surface area contributed by atoms with E-state index < -0.39 is 11.9 Å². The van der Waals surface area contributed by atoms with Crippen LogP contribution in [0.15, 0.2) is 30.3 Å². The van der Waals surface area contributed by atoms with E-state index in [1.54, 1.807) is 12.1 Å². The highest BCUT2D eigenvalue weighted by molar-refractivity contribution is 7.20. The number of thiophene rings is 1. The molecule has 1 aromatic carbocycles. The Bertz CT molecular complexity index is 1130. The normalized spacial score (nSPS) is 14.9. The number of anilines is 1. The molecule has 0 unspecified atom stereocenters. The third-order valence-corrected chi connectivity index (χ3v) is 7.30. The summed E-state index contributed by atoms with van der Waals surface area (Å²) >= 11 is 7.69. The minimum atomic E-state index is -0.777. The quantitative estimate of drug-likeness (QED) is 0.296. The van der Waals surface area contributed by atoms with Crippen molar-refractivity contribution >= 4 is 51.9 Å². The highest BCUT2D eigenvalue weighted by atomic mass is 35.5. The lowest BCUT2D eigenvalue weighted by molar-refractivity contribution is -0.151. The van der Waals surface area contributed by atoms with Crippen molar-refractivity contribution in [1.29, 1.82) is 0 Å². The van der Waals surface area contributed by atoms with Crippen molar-refractivity contribution in [3.63, 3.8) is 0 Å². The number of carbonyl (C=O) groups excluding carboxylic acids is 3. The summed E-state index contributed by atoms with van der Waals surface area (Å²) in [7, 11) is 0. The molecule has 0 aliphatic heterocycles. The fraction of sp³-hybridized carbons (Fsp3) is 0.423. The van der Waals surface area contributed by atoms with Crippen LogP contribution in [-0.4, -0.2) is 36.6 Å². The van der Waals surface area contributed by atoms with Crippen LogP contribution in [0, 0.1) is 5.92 Å². The van der Waals surface area contributed by atoms with E-state index >= 15 is 0 Å². The minimum absolute atomic E-state index is 0.0480. The Morgan fingerprint density at radius 3 is 2.53 bits per heavy atom. The zero-order chi connectivity index (χ0) is 26.2. The maximum Gasteiger partial charge on any atom is 0.323 e. The van der Waals surface area contributed by atoms with Crippen molar-refractivity contribution in [1.82, 2.24) is 5.32 Å². The van der Waals surface area contributed by atoms with Gasteiger partial charge in [-0.3, -0.25) is 14.9 Å². The van der Waals surface area contributed by atoms with Gasteiger partial charge in [0.2, 0.25) is 0 Å². The number of amides is 3. The highest BCUT2D eigenvalue weighted by Gasteiger charge is 2.25. The van der Waals surface area contributed by atoms with Crippen LogP contribution in [0.2, 0.25) is 5.02 Å². The van der Waals surface area contributed by atoms with Crippen molar-refractivity contribution < 1.29 is 19.1 Å². The van der Waals surface area contributed by atoms with Gasteiger partial charge in [-0.05, 0) is 61.3 Å². The first-order valence-electron chi connectivity index (χ1n) is 12.0. The number of nitrogens with one attached hydrogen (secondary N) is 2. The third kappa shape index (κ3) is 7.81. The fourth-order valence-electron chi connectivity index (χ4n) is 4.12. The lowest BCUT2D eigenvalue weighted by Crippen LogP contribution is -2.40. The lowest BCUT2D eigenvalue weighted by Gasteiger charge is -2.21. The van der Waals surface area contributed by atoms with Crippen LogP contribution in [-0.2, 0) is 9.53 Å². The van der Waals surface area contributed by atoms with E-state index in [0.29, 0.717) is 33.8 Å². The van der Waals surface area contributed by atoms with Gasteiger partial charge in [0, 0.05) is 16.4 Å². The Kier molecular flexibility index (Phi) is 9.92. The molecule has 194 valence electrons. The monoisotopic (exact) mass is 532 g/mol. The molecule has 0 spiro atoms. The second-order valence-electron chi connectivity index (χ2n) is 9.28. The molecule has 1 aromatic heterocycles. The highest BCUT2D eigenvalue weighted by Crippen LogP contribution is 2.37. The molecule has 3 amide bonds. The number of esters is 1. The number of rotatable bonds is 11. The van der Waals surface area contributed by atoms with Crippen LogP contribution < -0.4 is 22.1 Å². The average molecular weight is 533 g/mol. The second-order valence-corrected chi connectivity index (χ2v) is 10.7. The zero-order valence-electron chi connectivity index (χ0n) is 20.5. The largest absolute Gasteiger partial charge is 0.461 e. The molecular weight excluding hydrogens is 500 g/mol. The second kappa shape index (κ2) is 12.9. The number of nitrogens with two attached hydrogens (primary N) is 2. The van der Waals surface area contributed by atoms with Gasteiger partial charge in [-0.1, -0.05) is 49.7 Å². The van der Waals surface area contributed by atoms with E-state index in [4.69, 9.17) is 27.8 Å². The summed E-state index contributed by atoms with van der Waals surface area (Å²) in [6.07, 6.45) is 8.69. The number of primary amides is 2. The number of hydrogen-bond acceptors (Lipinski definition) is 6. The summed E-state index contributed by atoms with van der Waals surface area (Å²) in [6, 6.07) is 5.97. The molecule has 36 heavy (non-hydrogen) atoms. The first kappa shape index (κ1) is 27.7. The van der Waals surface area contributed by atoms with Crippen molar-refractivity contribution in [2.24, 2.45) is 17.4 Å². The summed E-state index contributed by atoms with van der Waals surface area (Å²) in [5.74, 6) is -0.485. The van der Waals surface area contributed by atoms with Crippen LogP contribution in [0.5, 0.6) is 0 Å². The van der Waals surface area contributed by atoms with Gasteiger partial charge in [-0.2, -0.15) is 0 Å². The van der Waals surface area contributed by atoms with Crippen LogP contribution in [0.25, 0.3) is 16.5 Å². The number of carbonyl (C=O) groups is 3. The predicted molar refractivity (Wildman–Crippen MR) is 145 cm³/mol. The number of hydrogen-bond donors (Lipinski definition) is 4. The smallest absolute Gasteiger partial charge is 0.323 e. The first-order chi connectivity index (χ1) is 17.1. The Balaban J connectivity index is 1.64. The molecule has 1 saturated carbocycles. The van der Waals surface area contributed by atoms with E-state index in [-0.39, 0.29) is 23.7 Å². The Hall–Kier alpha value is -2.88. The van der Waals surface area contributed by atoms with Crippen LogP contribution in [0.3, 0.4) is 0 Å². The molecule has 0 bridgehead atoms. The molecule has 8 nitrogen and oxygen atoms in total. The van der Waals surface area contributed by atoms with Gasteiger partial charge in [0.25, 0.3) is 5.91 Å². The van der Waals surface area contributed by atoms with Crippen molar-refractivity contribution in [2.75, 3.05) is 11.9 Å². The Morgan fingerprint density at radius 2 is 1.92 bits per heavy atom. The van der Waals surface area contributed by atoms with E-state index in [2.05, 4.69) is 24.5 Å². The lowest BCUT2D eigenvalue weighted by atomic mass is 10.0. The number of ether oxygens (including phenoxy) is 1. The molecule has 1 heterocycles. The third-order valence-electron chi connectivity index (χ3n) is 5.88. The van der Waals surface area contributed by atoms with Crippen molar-refractivity contribution in [3.05, 3.63) is 46.5 Å². The van der Waals surface area contributed by atoms with E-state index in [1.165, 1.54) is 11.3 Å². The minimum Gasteiger partial charge on any atom is -0.461 e. The summed E-state index contributed by atoms with van der Waals surface area (Å²) in [4.78, 5) is 36.3. The molecule has 1 atom stereocenters. The SMILES string of the molecule is CC(C)C[C@@H](NC/C=C/c1ccc(-c2cc(C(N)=O)c(NC(N)=O)s2)cc1Cl)C(=O)OC1CCCC1. The topological polar surface area (TPSA) is 137 Å². The molecule has 2 aromatic rings. The summed E-state index contributed by atoms with van der Waals surface area (Å²) in [6.45, 7) is 4.66. The van der Waals surface area contributed by atoms with Gasteiger partial charge in [-0.15, -0.1) is 11.3 Å². The molecule has 3 rings (SSSR count). The predicted octanol–water partition coefficient (Wildman–Crippen LogP) is 5.16. The van der Waals surface area contributed by atoms with Gasteiger partial charge in [0.05, 0.1) is 5.56 Å².